The van der Waals surface area contributed by atoms with E-state index in [0.717, 1.165) is 4.90 Å². The van der Waals surface area contributed by atoms with Crippen molar-refractivity contribution in [3.63, 3.8) is 0 Å². The maximum Gasteiger partial charge on any atom is 0.269 e. The monoisotopic (exact) mass is 477 g/mol. The van der Waals surface area contributed by atoms with Gasteiger partial charge in [0, 0.05) is 5.02 Å². The van der Waals surface area contributed by atoms with Crippen LogP contribution in [0.5, 0.6) is 0 Å². The lowest BCUT2D eigenvalue weighted by atomic mass is 9.74. The molecule has 2 amide bonds. The van der Waals surface area contributed by atoms with E-state index in [4.69, 9.17) is 29.6 Å². The number of nitrogens with two attached hydrogens (primary N) is 1. The van der Waals surface area contributed by atoms with E-state index < -0.39 is 29.3 Å². The number of imide groups is 1. The van der Waals surface area contributed by atoms with Gasteiger partial charge in [-0.15, -0.1) is 0 Å². The standard InChI is InChI=1S/C22H16ClN7O2S/c23-12-8-6-11(7-9-12)16-15-17(27-21(33)26-16)22(14(10-24)18(25)28-29-22)20(32)30(19(15)31)13-4-2-1-3-5-13/h1-9,14,16,29H,(H2,25,28)(H2,26,27,33). The third-order valence-corrected chi connectivity index (χ3v) is 6.35. The maximum absolute atomic E-state index is 13.9. The lowest BCUT2D eigenvalue weighted by molar-refractivity contribution is -0.130. The van der Waals surface area contributed by atoms with Crippen LogP contribution in [0, 0.1) is 17.2 Å². The molecule has 9 nitrogen and oxygen atoms in total. The molecule has 0 radical (unpaired) electrons. The predicted molar refractivity (Wildman–Crippen MR) is 126 cm³/mol. The van der Waals surface area contributed by atoms with Gasteiger partial charge in [0.1, 0.15) is 11.8 Å². The van der Waals surface area contributed by atoms with Crippen LogP contribution in [0.15, 0.2) is 71.0 Å². The van der Waals surface area contributed by atoms with Crippen LogP contribution in [0.2, 0.25) is 5.02 Å². The summed E-state index contributed by atoms with van der Waals surface area (Å²) in [6.45, 7) is 0. The van der Waals surface area contributed by atoms with Gasteiger partial charge >= 0.3 is 0 Å². The number of amidine groups is 1. The first-order valence-corrected chi connectivity index (χ1v) is 10.7. The van der Waals surface area contributed by atoms with Crippen LogP contribution in [0.3, 0.4) is 0 Å². The molecule has 3 aliphatic heterocycles. The Morgan fingerprint density at radius 1 is 1.15 bits per heavy atom. The summed E-state index contributed by atoms with van der Waals surface area (Å²) in [6, 6.07) is 16.7. The minimum Gasteiger partial charge on any atom is -0.385 e. The van der Waals surface area contributed by atoms with Crippen molar-refractivity contribution in [3.05, 3.63) is 76.5 Å². The number of benzene rings is 2. The van der Waals surface area contributed by atoms with Crippen molar-refractivity contribution in [3.8, 4) is 6.07 Å². The third kappa shape index (κ3) is 2.97. The molecule has 0 aromatic heterocycles. The molecule has 1 spiro atoms. The fourth-order valence-electron chi connectivity index (χ4n) is 4.36. The first-order valence-electron chi connectivity index (χ1n) is 9.90. The van der Waals surface area contributed by atoms with Crippen LogP contribution in [-0.4, -0.2) is 28.3 Å². The molecule has 0 bridgehead atoms. The van der Waals surface area contributed by atoms with Gasteiger partial charge < -0.3 is 16.4 Å². The topological polar surface area (TPSA) is 136 Å². The number of nitrogens with one attached hydrogen (secondary N) is 3. The highest BCUT2D eigenvalue weighted by molar-refractivity contribution is 7.80. The van der Waals surface area contributed by atoms with Crippen LogP contribution in [-0.2, 0) is 9.59 Å². The number of hydrazone groups is 1. The number of thiocarbonyl (C=S) groups is 1. The lowest BCUT2D eigenvalue weighted by Gasteiger charge is -2.46. The van der Waals surface area contributed by atoms with Crippen molar-refractivity contribution in [2.24, 2.45) is 16.8 Å². The second-order valence-electron chi connectivity index (χ2n) is 7.67. The Bertz CT molecular complexity index is 1300. The number of amides is 2. The quantitative estimate of drug-likeness (QED) is 0.377. The van der Waals surface area contributed by atoms with E-state index in [2.05, 4.69) is 27.2 Å². The zero-order valence-corrected chi connectivity index (χ0v) is 18.4. The first-order chi connectivity index (χ1) is 15.9. The van der Waals surface area contributed by atoms with Gasteiger partial charge in [-0.1, -0.05) is 41.9 Å². The second kappa shape index (κ2) is 7.58. The number of halogens is 1. The Kier molecular flexibility index (Phi) is 4.81. The molecule has 164 valence electrons. The van der Waals surface area contributed by atoms with E-state index in [1.54, 1.807) is 54.6 Å². The molecule has 3 aliphatic rings. The summed E-state index contributed by atoms with van der Waals surface area (Å²) in [5.74, 6) is -2.47. The Morgan fingerprint density at radius 3 is 2.52 bits per heavy atom. The second-order valence-corrected chi connectivity index (χ2v) is 8.52. The molecule has 2 aromatic carbocycles. The summed E-state index contributed by atoms with van der Waals surface area (Å²) in [4.78, 5) is 28.8. The fraction of sp³-hybridized carbons (Fsp3) is 0.136. The normalized spacial score (nSPS) is 26.2. The molecule has 0 aliphatic carbocycles. The van der Waals surface area contributed by atoms with Crippen molar-refractivity contribution < 1.29 is 9.59 Å². The minimum absolute atomic E-state index is 0.0608. The largest absolute Gasteiger partial charge is 0.385 e. The molecule has 3 heterocycles. The van der Waals surface area contributed by atoms with Crippen molar-refractivity contribution in [2.75, 3.05) is 4.90 Å². The first kappa shape index (κ1) is 20.9. The Labute approximate surface area is 198 Å². The molecule has 0 fully saturated rings. The number of carbonyl (C=O) groups excluding carboxylic acids is 2. The van der Waals surface area contributed by atoms with E-state index in [1.165, 1.54) is 0 Å². The van der Waals surface area contributed by atoms with Gasteiger partial charge in [0.15, 0.2) is 10.7 Å². The Balaban J connectivity index is 1.79. The molecule has 3 unspecified atom stereocenters. The summed E-state index contributed by atoms with van der Waals surface area (Å²) in [5.41, 5.74) is 8.42. The maximum atomic E-state index is 13.9. The van der Waals surface area contributed by atoms with Gasteiger partial charge in [0.25, 0.3) is 11.8 Å². The van der Waals surface area contributed by atoms with Crippen LogP contribution in [0.4, 0.5) is 5.69 Å². The number of hydrogen-bond donors (Lipinski definition) is 4. The number of para-hydroxylation sites is 1. The van der Waals surface area contributed by atoms with E-state index in [1.807, 2.05) is 0 Å². The average Bonchev–Trinajstić information content (AvgIpc) is 3.15. The minimum atomic E-state index is -1.76. The molecule has 0 saturated heterocycles. The molecule has 3 atom stereocenters. The lowest BCUT2D eigenvalue weighted by Crippen LogP contribution is -2.70. The van der Waals surface area contributed by atoms with E-state index in [9.17, 15) is 14.9 Å². The number of anilines is 1. The van der Waals surface area contributed by atoms with E-state index >= 15 is 0 Å². The molecular weight excluding hydrogens is 462 g/mol. The van der Waals surface area contributed by atoms with Gasteiger partial charge in [-0.05, 0) is 42.0 Å². The average molecular weight is 478 g/mol. The summed E-state index contributed by atoms with van der Waals surface area (Å²) >= 11 is 11.5. The van der Waals surface area contributed by atoms with Crippen LogP contribution in [0.1, 0.15) is 11.6 Å². The predicted octanol–water partition coefficient (Wildman–Crippen LogP) is 1.44. The molecule has 11 heteroatoms. The SMILES string of the molecule is N#CC1C(N)=NNC12C(=O)N(c1ccccc1)C(=O)C1=C2NC(=S)NC1c1ccc(Cl)cc1. The van der Waals surface area contributed by atoms with Gasteiger partial charge in [-0.3, -0.25) is 15.0 Å². The summed E-state index contributed by atoms with van der Waals surface area (Å²) in [6.07, 6.45) is 0. The van der Waals surface area contributed by atoms with E-state index in [-0.39, 0.29) is 22.2 Å². The Hall–Kier alpha value is -3.94. The summed E-state index contributed by atoms with van der Waals surface area (Å²) in [7, 11) is 0. The van der Waals surface area contributed by atoms with Crippen molar-refractivity contribution >= 4 is 52.3 Å². The number of carbonyl (C=O) groups is 2. The Morgan fingerprint density at radius 2 is 1.85 bits per heavy atom. The molecule has 33 heavy (non-hydrogen) atoms. The third-order valence-electron chi connectivity index (χ3n) is 5.88. The molecular formula is C22H16ClN7O2S. The van der Waals surface area contributed by atoms with Crippen molar-refractivity contribution in [1.82, 2.24) is 16.1 Å². The number of hydrogen-bond acceptors (Lipinski definition) is 7. The number of rotatable bonds is 2. The molecule has 5 N–H and O–H groups in total. The van der Waals surface area contributed by atoms with Crippen LogP contribution < -0.4 is 26.7 Å². The molecule has 0 saturated carbocycles. The number of nitriles is 1. The van der Waals surface area contributed by atoms with Crippen LogP contribution >= 0.6 is 23.8 Å². The highest BCUT2D eigenvalue weighted by Crippen LogP contribution is 2.43. The van der Waals surface area contributed by atoms with E-state index in [0.29, 0.717) is 16.3 Å². The summed E-state index contributed by atoms with van der Waals surface area (Å²) < 4.78 is 0. The highest BCUT2D eigenvalue weighted by atomic mass is 35.5. The smallest absolute Gasteiger partial charge is 0.269 e. The van der Waals surface area contributed by atoms with Gasteiger partial charge in [-0.2, -0.15) is 10.4 Å². The number of nitrogens with zero attached hydrogens (tertiary/aromatic N) is 3. The van der Waals surface area contributed by atoms with Gasteiger partial charge in [-0.25, -0.2) is 4.90 Å². The summed E-state index contributed by atoms with van der Waals surface area (Å²) in [5, 5.41) is 20.7. The molecule has 5 rings (SSSR count). The fourth-order valence-corrected chi connectivity index (χ4v) is 4.70. The highest BCUT2D eigenvalue weighted by Gasteiger charge is 2.63. The van der Waals surface area contributed by atoms with Crippen molar-refractivity contribution in [1.29, 1.82) is 5.26 Å². The number of fused-ring (bicyclic) bond motifs is 1. The zero-order valence-electron chi connectivity index (χ0n) is 16.9. The zero-order chi connectivity index (χ0) is 23.3. The van der Waals surface area contributed by atoms with Gasteiger partial charge in [0.05, 0.1) is 29.1 Å². The van der Waals surface area contributed by atoms with Crippen LogP contribution in [0.25, 0.3) is 0 Å². The van der Waals surface area contributed by atoms with Crippen molar-refractivity contribution in [2.45, 2.75) is 11.6 Å². The van der Waals surface area contributed by atoms with Gasteiger partial charge in [0.2, 0.25) is 0 Å². The molecule has 2 aromatic rings.